The molecule has 0 fully saturated rings. The second-order valence-electron chi connectivity index (χ2n) is 8.76. The predicted molar refractivity (Wildman–Crippen MR) is 159 cm³/mol. The van der Waals surface area contributed by atoms with E-state index >= 15 is 0 Å². The Morgan fingerprint density at radius 3 is 1.09 bits per heavy atom. The van der Waals surface area contributed by atoms with Crippen molar-refractivity contribution in [1.29, 1.82) is 0 Å². The Morgan fingerprint density at radius 2 is 0.783 bits per heavy atom. The van der Waals surface area contributed by atoms with Gasteiger partial charge in [-0.1, -0.05) is 6.42 Å². The molecule has 4 atom stereocenters. The van der Waals surface area contributed by atoms with Gasteiger partial charge in [-0.15, -0.1) is 0 Å². The second kappa shape index (κ2) is 27.0. The number of phosphoric ester groups is 4. The van der Waals surface area contributed by atoms with E-state index in [2.05, 4.69) is 18.1 Å². The van der Waals surface area contributed by atoms with Crippen LogP contribution in [0.3, 0.4) is 0 Å². The summed E-state index contributed by atoms with van der Waals surface area (Å²) in [4.78, 5) is 38.0. The van der Waals surface area contributed by atoms with Gasteiger partial charge in [0.15, 0.2) is 0 Å². The molecule has 0 aliphatic heterocycles. The van der Waals surface area contributed by atoms with Crippen molar-refractivity contribution in [2.75, 3.05) is 113 Å². The first-order chi connectivity index (χ1) is 21.7. The summed E-state index contributed by atoms with van der Waals surface area (Å²) in [6, 6.07) is 0. The lowest BCUT2D eigenvalue weighted by atomic mass is 10.0. The van der Waals surface area contributed by atoms with Gasteiger partial charge >= 0.3 is 31.3 Å². The lowest BCUT2D eigenvalue weighted by Crippen LogP contribution is -2.17. The fourth-order valence-corrected chi connectivity index (χ4v) is 5.24. The number of ether oxygens (including phenoxy) is 4. The van der Waals surface area contributed by atoms with E-state index in [9.17, 15) is 28.0 Å². The van der Waals surface area contributed by atoms with Crippen LogP contribution >= 0.6 is 31.3 Å². The summed E-state index contributed by atoms with van der Waals surface area (Å²) in [6.07, 6.45) is 1.65. The molecule has 0 bridgehead atoms. The summed E-state index contributed by atoms with van der Waals surface area (Å²) < 4.78 is 105. The molecule has 0 spiro atoms. The van der Waals surface area contributed by atoms with Crippen LogP contribution in [-0.2, 0) is 73.4 Å². The quantitative estimate of drug-likeness (QED) is 0.0460. The van der Waals surface area contributed by atoms with Crippen LogP contribution in [0.15, 0.2) is 0 Å². The number of nitrogens with two attached hydrogens (primary N) is 1. The van der Waals surface area contributed by atoms with Crippen LogP contribution < -0.4 is 5.73 Å². The standard InChI is InChI=1S/C21H49NO20P4/c1-31-43(23,24)37-15-11-33-7-9-35-13-17-39-45(27,28)41-19-21(5-3-4-6-22)20-42-46(29,30)40-18-14-36-10-8-34-12-16-38-44(25,26)32-2/h21H,3-20,22H2,1-2H3,(H,23,24)(H,25,26)(H,27,28)(H,29,30). The minimum Gasteiger partial charge on any atom is -0.377 e. The smallest absolute Gasteiger partial charge is 0.377 e. The van der Waals surface area contributed by atoms with Crippen molar-refractivity contribution in [3.63, 3.8) is 0 Å². The highest BCUT2D eigenvalue weighted by molar-refractivity contribution is 7.48. The minimum absolute atomic E-state index is 0.0142. The second-order valence-corrected chi connectivity index (χ2v) is 14.8. The van der Waals surface area contributed by atoms with Crippen LogP contribution in [0.2, 0.25) is 0 Å². The SMILES string of the molecule is COP(=O)(O)OCCOCCOCCOP(=O)(O)OCC(CCCCN)COP(=O)(O)OCCOCCOCCOP(=O)(O)OC. The number of unbranched alkanes of at least 4 members (excludes halogenated alkanes) is 1. The molecule has 0 saturated heterocycles. The van der Waals surface area contributed by atoms with Crippen LogP contribution in [-0.4, -0.2) is 133 Å². The fourth-order valence-electron chi connectivity index (χ4n) is 2.86. The van der Waals surface area contributed by atoms with E-state index in [0.29, 0.717) is 25.8 Å². The molecule has 0 aliphatic carbocycles. The Balaban J connectivity index is 4.19. The summed E-state index contributed by atoms with van der Waals surface area (Å²) in [5.74, 6) is -0.568. The van der Waals surface area contributed by atoms with Crippen molar-refractivity contribution in [3.8, 4) is 0 Å². The zero-order valence-electron chi connectivity index (χ0n) is 26.0. The van der Waals surface area contributed by atoms with Gasteiger partial charge in [0, 0.05) is 20.1 Å². The zero-order chi connectivity index (χ0) is 34.8. The topological polar surface area (TPSA) is 286 Å². The Labute approximate surface area is 268 Å². The first kappa shape index (κ1) is 46.2. The van der Waals surface area contributed by atoms with Gasteiger partial charge in [0.25, 0.3) is 0 Å². The van der Waals surface area contributed by atoms with Crippen molar-refractivity contribution in [3.05, 3.63) is 0 Å². The maximum atomic E-state index is 12.2. The molecule has 46 heavy (non-hydrogen) atoms. The number of rotatable bonds is 34. The molecule has 0 aliphatic rings. The predicted octanol–water partition coefficient (Wildman–Crippen LogP) is 1.59. The maximum absolute atomic E-state index is 12.2. The first-order valence-corrected chi connectivity index (χ1v) is 20.0. The average Bonchev–Trinajstić information content (AvgIpc) is 3.00. The molecule has 4 unspecified atom stereocenters. The molecule has 25 heteroatoms. The number of hydrogen-bond acceptors (Lipinski definition) is 17. The van der Waals surface area contributed by atoms with Crippen molar-refractivity contribution in [2.45, 2.75) is 19.3 Å². The van der Waals surface area contributed by atoms with Crippen LogP contribution in [0, 0.1) is 5.92 Å². The molecular formula is C21H49NO20P4. The monoisotopic (exact) mass is 759 g/mol. The average molecular weight is 760 g/mol. The van der Waals surface area contributed by atoms with Gasteiger partial charge in [-0.25, -0.2) is 18.3 Å². The molecule has 0 heterocycles. The summed E-state index contributed by atoms with van der Waals surface area (Å²) in [6.45, 7) is -0.785. The van der Waals surface area contributed by atoms with Crippen LogP contribution in [0.5, 0.6) is 0 Å². The Morgan fingerprint density at radius 1 is 0.478 bits per heavy atom. The summed E-state index contributed by atoms with van der Waals surface area (Å²) in [5, 5.41) is 0. The van der Waals surface area contributed by atoms with Gasteiger partial charge in [0.2, 0.25) is 0 Å². The Kier molecular flexibility index (Phi) is 27.2. The summed E-state index contributed by atoms with van der Waals surface area (Å²) in [5.41, 5.74) is 5.51. The lowest BCUT2D eigenvalue weighted by molar-refractivity contribution is 0.0159. The molecule has 0 radical (unpaired) electrons. The van der Waals surface area contributed by atoms with Crippen molar-refractivity contribution < 1.29 is 93.0 Å². The molecule has 0 aromatic carbocycles. The fraction of sp³-hybridized carbons (Fsp3) is 1.00. The van der Waals surface area contributed by atoms with Gasteiger partial charge in [-0.05, 0) is 19.4 Å². The molecular weight excluding hydrogens is 710 g/mol. The molecule has 0 saturated carbocycles. The molecule has 6 N–H and O–H groups in total. The van der Waals surface area contributed by atoms with Gasteiger partial charge in [0.05, 0.1) is 92.5 Å². The van der Waals surface area contributed by atoms with E-state index in [1.807, 2.05) is 0 Å². The maximum Gasteiger partial charge on any atom is 0.472 e. The van der Waals surface area contributed by atoms with Crippen molar-refractivity contribution in [2.24, 2.45) is 11.7 Å². The van der Waals surface area contributed by atoms with Crippen LogP contribution in [0.4, 0.5) is 0 Å². The highest BCUT2D eigenvalue weighted by Crippen LogP contribution is 2.46. The summed E-state index contributed by atoms with van der Waals surface area (Å²) in [7, 11) is -15.0. The third-order valence-electron chi connectivity index (χ3n) is 5.15. The molecule has 0 amide bonds. The van der Waals surface area contributed by atoms with Crippen molar-refractivity contribution in [1.82, 2.24) is 0 Å². The highest BCUT2D eigenvalue weighted by atomic mass is 31.2. The Hall–Kier alpha value is 0.240. The normalized spacial score (nSPS) is 18.0. The lowest BCUT2D eigenvalue weighted by Gasteiger charge is -2.20. The van der Waals surface area contributed by atoms with E-state index < -0.39 is 37.2 Å². The van der Waals surface area contributed by atoms with E-state index in [-0.39, 0.29) is 92.5 Å². The van der Waals surface area contributed by atoms with Crippen molar-refractivity contribution >= 4 is 31.3 Å². The van der Waals surface area contributed by atoms with Crippen LogP contribution in [0.1, 0.15) is 19.3 Å². The number of hydrogen-bond donors (Lipinski definition) is 5. The molecule has 278 valence electrons. The first-order valence-electron chi connectivity index (χ1n) is 14.0. The Bertz CT molecular complexity index is 879. The molecule has 0 aromatic rings. The third kappa shape index (κ3) is 29.2. The highest BCUT2D eigenvalue weighted by Gasteiger charge is 2.27. The van der Waals surface area contributed by atoms with E-state index in [0.717, 1.165) is 14.2 Å². The molecule has 0 rings (SSSR count). The van der Waals surface area contributed by atoms with E-state index in [4.69, 9.17) is 52.6 Å². The zero-order valence-corrected chi connectivity index (χ0v) is 29.6. The van der Waals surface area contributed by atoms with Gasteiger partial charge in [0.1, 0.15) is 0 Å². The van der Waals surface area contributed by atoms with Gasteiger partial charge < -0.3 is 44.3 Å². The van der Waals surface area contributed by atoms with E-state index in [1.165, 1.54) is 0 Å². The number of phosphoric acid groups is 4. The van der Waals surface area contributed by atoms with Crippen LogP contribution in [0.25, 0.3) is 0 Å². The summed E-state index contributed by atoms with van der Waals surface area (Å²) >= 11 is 0. The van der Waals surface area contributed by atoms with E-state index in [1.54, 1.807) is 0 Å². The van der Waals surface area contributed by atoms with Gasteiger partial charge in [-0.3, -0.25) is 36.2 Å². The largest absolute Gasteiger partial charge is 0.472 e. The molecule has 0 aromatic heterocycles. The third-order valence-corrected chi connectivity index (χ3v) is 9.06. The molecule has 21 nitrogen and oxygen atoms in total. The van der Waals surface area contributed by atoms with Gasteiger partial charge in [-0.2, -0.15) is 0 Å². The minimum atomic E-state index is -4.48.